The molecule has 5 rings (SSSR count). The van der Waals surface area contributed by atoms with Crippen molar-refractivity contribution >= 4 is 28.5 Å². The van der Waals surface area contributed by atoms with Crippen molar-refractivity contribution < 1.29 is 32.9 Å². The van der Waals surface area contributed by atoms with Crippen LogP contribution in [0.1, 0.15) is 18.4 Å². The summed E-state index contributed by atoms with van der Waals surface area (Å²) in [5.74, 6) is 1.08. The minimum atomic E-state index is -4.73. The molecule has 10 nitrogen and oxygen atoms in total. The number of pyridine rings is 1. The third kappa shape index (κ3) is 6.46. The number of anilines is 2. The maximum absolute atomic E-state index is 12.8. The number of aryl methyl sites for hydroxylation is 1. The highest BCUT2D eigenvalue weighted by molar-refractivity contribution is 5.98. The summed E-state index contributed by atoms with van der Waals surface area (Å²) in [4.78, 5) is 26.1. The zero-order valence-corrected chi connectivity index (χ0v) is 22.6. The molecule has 4 aromatic rings. The van der Waals surface area contributed by atoms with Crippen molar-refractivity contribution in [3.63, 3.8) is 0 Å². The first kappa shape index (κ1) is 28.9. The Hall–Kier alpha value is -4.65. The van der Waals surface area contributed by atoms with Gasteiger partial charge in [-0.3, -0.25) is 0 Å². The molecule has 2 aromatic heterocycles. The lowest BCUT2D eigenvalue weighted by atomic mass is 10.0. The number of fused-ring (bicyclic) bond motifs is 1. The van der Waals surface area contributed by atoms with Crippen LogP contribution in [0.2, 0.25) is 0 Å². The van der Waals surface area contributed by atoms with E-state index in [0.717, 1.165) is 18.4 Å². The zero-order valence-electron chi connectivity index (χ0n) is 22.6. The van der Waals surface area contributed by atoms with Gasteiger partial charge >= 0.3 is 12.3 Å². The summed E-state index contributed by atoms with van der Waals surface area (Å²) in [6.07, 6.45) is -3.52. The molecule has 0 saturated carbocycles. The lowest BCUT2D eigenvalue weighted by molar-refractivity contribution is -0.198. The van der Waals surface area contributed by atoms with Crippen molar-refractivity contribution in [2.75, 3.05) is 30.3 Å². The van der Waals surface area contributed by atoms with Gasteiger partial charge in [0.15, 0.2) is 6.10 Å². The second-order valence-corrected chi connectivity index (χ2v) is 9.99. The molecule has 2 unspecified atom stereocenters. The highest BCUT2D eigenvalue weighted by Crippen LogP contribution is 2.38. The van der Waals surface area contributed by atoms with Crippen molar-refractivity contribution in [2.24, 2.45) is 0 Å². The van der Waals surface area contributed by atoms with Gasteiger partial charge < -0.3 is 30.5 Å². The molecular formula is C29H29F3N6O4. The van der Waals surface area contributed by atoms with E-state index in [4.69, 9.17) is 4.74 Å². The average molecular weight is 583 g/mol. The second kappa shape index (κ2) is 12.1. The number of rotatable bonds is 8. The quantitative estimate of drug-likeness (QED) is 0.207. The van der Waals surface area contributed by atoms with E-state index in [1.807, 2.05) is 6.92 Å². The molecule has 4 N–H and O–H groups in total. The van der Waals surface area contributed by atoms with E-state index in [-0.39, 0.29) is 11.9 Å². The highest BCUT2D eigenvalue weighted by Gasteiger charge is 2.38. The van der Waals surface area contributed by atoms with Crippen LogP contribution < -0.4 is 15.4 Å². The van der Waals surface area contributed by atoms with Crippen LogP contribution in [-0.4, -0.2) is 74.1 Å². The SMILES string of the molecule is Cc1ccc2c(NCC(O)C(F)(F)F)cccc2c1Oc1ncccc1-c1ccnc(NC2CCCN(C(=O)O)C2)n1. The summed E-state index contributed by atoms with van der Waals surface area (Å²) < 4.78 is 44.9. The molecular weight excluding hydrogens is 553 g/mol. The van der Waals surface area contributed by atoms with E-state index in [9.17, 15) is 28.2 Å². The first-order valence-electron chi connectivity index (χ1n) is 13.3. The van der Waals surface area contributed by atoms with Gasteiger partial charge in [0.05, 0.1) is 11.3 Å². The predicted molar refractivity (Wildman–Crippen MR) is 151 cm³/mol. The topological polar surface area (TPSA) is 133 Å². The third-order valence-corrected chi connectivity index (χ3v) is 7.00. The molecule has 3 heterocycles. The molecule has 0 spiro atoms. The molecule has 2 atom stereocenters. The number of ether oxygens (including phenoxy) is 1. The number of likely N-dealkylation sites (tertiary alicyclic amines) is 1. The molecule has 0 aliphatic carbocycles. The predicted octanol–water partition coefficient (Wildman–Crippen LogP) is 5.68. The van der Waals surface area contributed by atoms with Gasteiger partial charge in [-0.15, -0.1) is 0 Å². The summed E-state index contributed by atoms with van der Waals surface area (Å²) >= 11 is 0. The summed E-state index contributed by atoms with van der Waals surface area (Å²) in [6.45, 7) is 1.97. The highest BCUT2D eigenvalue weighted by atomic mass is 19.4. The molecule has 2 aromatic carbocycles. The average Bonchev–Trinajstić information content (AvgIpc) is 2.97. The van der Waals surface area contributed by atoms with Crippen LogP contribution in [0.4, 0.5) is 29.6 Å². The summed E-state index contributed by atoms with van der Waals surface area (Å²) in [6, 6.07) is 13.8. The lowest BCUT2D eigenvalue weighted by Crippen LogP contribution is -2.44. The number of aromatic nitrogens is 3. The number of nitrogens with zero attached hydrogens (tertiary/aromatic N) is 4. The number of halogens is 3. The molecule has 1 amide bonds. The fourth-order valence-electron chi connectivity index (χ4n) is 4.84. The molecule has 220 valence electrons. The zero-order chi connectivity index (χ0) is 29.9. The molecule has 1 fully saturated rings. The number of aliphatic hydroxyl groups is 1. The van der Waals surface area contributed by atoms with Crippen LogP contribution in [0.5, 0.6) is 11.6 Å². The Labute approximate surface area is 239 Å². The Balaban J connectivity index is 1.42. The molecule has 1 aliphatic heterocycles. The van der Waals surface area contributed by atoms with Crippen molar-refractivity contribution in [3.8, 4) is 22.9 Å². The summed E-state index contributed by atoms with van der Waals surface area (Å²) in [5.41, 5.74) is 2.30. The number of carboxylic acid groups (broad SMARTS) is 1. The minimum Gasteiger partial charge on any atom is -0.465 e. The monoisotopic (exact) mass is 582 g/mol. The van der Waals surface area contributed by atoms with E-state index in [2.05, 4.69) is 25.6 Å². The Morgan fingerprint density at radius 3 is 2.74 bits per heavy atom. The molecule has 42 heavy (non-hydrogen) atoms. The van der Waals surface area contributed by atoms with E-state index >= 15 is 0 Å². The van der Waals surface area contributed by atoms with Crippen LogP contribution in [0.3, 0.4) is 0 Å². The number of amides is 1. The van der Waals surface area contributed by atoms with E-state index < -0.39 is 24.9 Å². The Morgan fingerprint density at radius 2 is 1.95 bits per heavy atom. The smallest absolute Gasteiger partial charge is 0.416 e. The van der Waals surface area contributed by atoms with E-state index in [0.29, 0.717) is 52.5 Å². The second-order valence-electron chi connectivity index (χ2n) is 9.99. The molecule has 0 bridgehead atoms. The maximum atomic E-state index is 12.8. The number of benzene rings is 2. The Morgan fingerprint density at radius 1 is 1.12 bits per heavy atom. The number of alkyl halides is 3. The van der Waals surface area contributed by atoms with Crippen LogP contribution in [-0.2, 0) is 0 Å². The minimum absolute atomic E-state index is 0.131. The number of piperidine rings is 1. The number of carbonyl (C=O) groups is 1. The van der Waals surface area contributed by atoms with Gasteiger partial charge in [0.1, 0.15) is 5.75 Å². The van der Waals surface area contributed by atoms with Crippen LogP contribution in [0.15, 0.2) is 60.9 Å². The van der Waals surface area contributed by atoms with Gasteiger partial charge in [0, 0.05) is 54.5 Å². The maximum Gasteiger partial charge on any atom is 0.416 e. The first-order chi connectivity index (χ1) is 20.1. The molecule has 0 radical (unpaired) electrons. The van der Waals surface area contributed by atoms with Gasteiger partial charge in [-0.05, 0) is 49.6 Å². The van der Waals surface area contributed by atoms with Gasteiger partial charge in [0.25, 0.3) is 0 Å². The molecule has 1 aliphatic rings. The van der Waals surface area contributed by atoms with Crippen molar-refractivity contribution in [3.05, 3.63) is 66.5 Å². The first-order valence-corrected chi connectivity index (χ1v) is 13.3. The number of aliphatic hydroxyl groups excluding tert-OH is 1. The number of hydrogen-bond acceptors (Lipinski definition) is 8. The van der Waals surface area contributed by atoms with Gasteiger partial charge in [-0.2, -0.15) is 13.2 Å². The van der Waals surface area contributed by atoms with Gasteiger partial charge in [0.2, 0.25) is 11.8 Å². The fourth-order valence-corrected chi connectivity index (χ4v) is 4.84. The lowest BCUT2D eigenvalue weighted by Gasteiger charge is -2.31. The van der Waals surface area contributed by atoms with Gasteiger partial charge in [-0.25, -0.2) is 19.7 Å². The fraction of sp³-hybridized carbons (Fsp3) is 0.310. The summed E-state index contributed by atoms with van der Waals surface area (Å²) in [7, 11) is 0. The van der Waals surface area contributed by atoms with Crippen molar-refractivity contribution in [1.82, 2.24) is 19.9 Å². The third-order valence-electron chi connectivity index (χ3n) is 7.00. The van der Waals surface area contributed by atoms with Gasteiger partial charge in [-0.1, -0.05) is 24.3 Å². The van der Waals surface area contributed by atoms with Crippen molar-refractivity contribution in [1.29, 1.82) is 0 Å². The molecule has 13 heteroatoms. The summed E-state index contributed by atoms with van der Waals surface area (Å²) in [5, 5.41) is 25.9. The number of nitrogens with one attached hydrogen (secondary N) is 2. The Kier molecular flexibility index (Phi) is 8.29. The largest absolute Gasteiger partial charge is 0.465 e. The van der Waals surface area contributed by atoms with E-state index in [1.165, 1.54) is 4.90 Å². The normalized spacial score (nSPS) is 16.2. The van der Waals surface area contributed by atoms with Crippen LogP contribution in [0, 0.1) is 6.92 Å². The number of hydrogen-bond donors (Lipinski definition) is 4. The standard InChI is InChI=1S/C29H29F3N6O4/c1-17-9-10-19-20(6-2-8-22(19)35-15-24(39)29(30,31)32)25(17)42-26-21(7-3-12-33-26)23-11-13-34-27(37-23)36-18-5-4-14-38(16-18)28(40)41/h2-3,6-13,18,24,35,39H,4-5,14-16H2,1H3,(H,40,41)(H,34,36,37). The van der Waals surface area contributed by atoms with Crippen LogP contribution >= 0.6 is 0 Å². The Bertz CT molecular complexity index is 1590. The van der Waals surface area contributed by atoms with E-state index in [1.54, 1.807) is 60.9 Å². The molecule has 1 saturated heterocycles. The van der Waals surface area contributed by atoms with Crippen molar-refractivity contribution in [2.45, 2.75) is 38.1 Å². The van der Waals surface area contributed by atoms with Crippen LogP contribution in [0.25, 0.3) is 22.0 Å².